The van der Waals surface area contributed by atoms with Gasteiger partial charge in [-0.2, -0.15) is 4.98 Å². The first-order chi connectivity index (χ1) is 11.2. The van der Waals surface area contributed by atoms with E-state index in [-0.39, 0.29) is 6.10 Å². The molecule has 0 spiro atoms. The number of piperidine rings is 1. The SMILES string of the molecule is COc1ccc(-c2noc(CN3CCC(O)CC3)n2)c(OC)c1. The molecule has 1 aliphatic rings. The number of rotatable bonds is 5. The lowest BCUT2D eigenvalue weighted by molar-refractivity contribution is 0.0740. The maximum atomic E-state index is 9.54. The molecule has 1 fully saturated rings. The molecule has 0 radical (unpaired) electrons. The molecule has 3 rings (SSSR count). The second-order valence-electron chi connectivity index (χ2n) is 5.59. The summed E-state index contributed by atoms with van der Waals surface area (Å²) in [4.78, 5) is 6.66. The summed E-state index contributed by atoms with van der Waals surface area (Å²) in [5, 5.41) is 13.6. The lowest BCUT2D eigenvalue weighted by atomic mass is 10.1. The van der Waals surface area contributed by atoms with Crippen LogP contribution in [0, 0.1) is 0 Å². The number of nitrogens with zero attached hydrogens (tertiary/aromatic N) is 3. The number of hydrogen-bond acceptors (Lipinski definition) is 7. The summed E-state index contributed by atoms with van der Waals surface area (Å²) >= 11 is 0. The van der Waals surface area contributed by atoms with Gasteiger partial charge in [-0.3, -0.25) is 4.90 Å². The van der Waals surface area contributed by atoms with E-state index in [0.717, 1.165) is 31.5 Å². The van der Waals surface area contributed by atoms with Crippen LogP contribution in [0.3, 0.4) is 0 Å². The van der Waals surface area contributed by atoms with Crippen LogP contribution in [0.4, 0.5) is 0 Å². The quantitative estimate of drug-likeness (QED) is 0.898. The van der Waals surface area contributed by atoms with Crippen molar-refractivity contribution < 1.29 is 19.1 Å². The largest absolute Gasteiger partial charge is 0.497 e. The van der Waals surface area contributed by atoms with Crippen molar-refractivity contribution in [2.24, 2.45) is 0 Å². The van der Waals surface area contributed by atoms with Crippen molar-refractivity contribution in [1.82, 2.24) is 15.0 Å². The van der Waals surface area contributed by atoms with Gasteiger partial charge in [0, 0.05) is 19.2 Å². The average molecular weight is 319 g/mol. The fourth-order valence-electron chi connectivity index (χ4n) is 2.68. The molecule has 124 valence electrons. The predicted molar refractivity (Wildman–Crippen MR) is 83.4 cm³/mol. The van der Waals surface area contributed by atoms with Gasteiger partial charge in [0.05, 0.1) is 32.4 Å². The number of aliphatic hydroxyl groups excluding tert-OH is 1. The molecule has 1 aliphatic heterocycles. The molecule has 1 N–H and O–H groups in total. The maximum Gasteiger partial charge on any atom is 0.241 e. The number of methoxy groups -OCH3 is 2. The summed E-state index contributed by atoms with van der Waals surface area (Å²) in [6, 6.07) is 5.47. The number of benzene rings is 1. The number of ether oxygens (including phenoxy) is 2. The van der Waals surface area contributed by atoms with Gasteiger partial charge in [-0.25, -0.2) is 0 Å². The van der Waals surface area contributed by atoms with Gasteiger partial charge in [-0.1, -0.05) is 5.16 Å². The van der Waals surface area contributed by atoms with Crippen LogP contribution in [0.5, 0.6) is 11.5 Å². The van der Waals surface area contributed by atoms with E-state index in [4.69, 9.17) is 14.0 Å². The Hall–Kier alpha value is -2.12. The van der Waals surface area contributed by atoms with Crippen molar-refractivity contribution in [3.8, 4) is 22.9 Å². The van der Waals surface area contributed by atoms with Crippen molar-refractivity contribution in [3.05, 3.63) is 24.1 Å². The van der Waals surface area contributed by atoms with E-state index in [1.165, 1.54) is 0 Å². The fourth-order valence-corrected chi connectivity index (χ4v) is 2.68. The molecule has 2 aromatic rings. The minimum Gasteiger partial charge on any atom is -0.497 e. The van der Waals surface area contributed by atoms with E-state index in [1.807, 2.05) is 12.1 Å². The van der Waals surface area contributed by atoms with Gasteiger partial charge in [0.15, 0.2) is 0 Å². The van der Waals surface area contributed by atoms with Gasteiger partial charge in [0.2, 0.25) is 11.7 Å². The third-order valence-corrected chi connectivity index (χ3v) is 4.03. The van der Waals surface area contributed by atoms with Crippen molar-refractivity contribution in [3.63, 3.8) is 0 Å². The van der Waals surface area contributed by atoms with Gasteiger partial charge in [0.1, 0.15) is 11.5 Å². The zero-order chi connectivity index (χ0) is 16.2. The molecule has 0 atom stereocenters. The van der Waals surface area contributed by atoms with Crippen LogP contribution < -0.4 is 9.47 Å². The minimum absolute atomic E-state index is 0.187. The number of likely N-dealkylation sites (tertiary alicyclic amines) is 1. The minimum atomic E-state index is -0.187. The monoisotopic (exact) mass is 319 g/mol. The Morgan fingerprint density at radius 2 is 2.04 bits per heavy atom. The van der Waals surface area contributed by atoms with Crippen LogP contribution in [-0.2, 0) is 6.54 Å². The summed E-state index contributed by atoms with van der Waals surface area (Å²) in [6.45, 7) is 2.27. The zero-order valence-electron chi connectivity index (χ0n) is 13.4. The summed E-state index contributed by atoms with van der Waals surface area (Å²) < 4.78 is 15.9. The Morgan fingerprint density at radius 1 is 1.26 bits per heavy atom. The lowest BCUT2D eigenvalue weighted by Gasteiger charge is -2.27. The van der Waals surface area contributed by atoms with E-state index in [1.54, 1.807) is 20.3 Å². The molecule has 1 saturated heterocycles. The molecule has 7 nitrogen and oxygen atoms in total. The molecule has 2 heterocycles. The van der Waals surface area contributed by atoms with E-state index in [0.29, 0.717) is 29.8 Å². The van der Waals surface area contributed by atoms with E-state index >= 15 is 0 Å². The topological polar surface area (TPSA) is 80.9 Å². The summed E-state index contributed by atoms with van der Waals surface area (Å²) in [5.41, 5.74) is 0.761. The van der Waals surface area contributed by atoms with Gasteiger partial charge in [-0.15, -0.1) is 0 Å². The highest BCUT2D eigenvalue weighted by molar-refractivity contribution is 5.65. The third-order valence-electron chi connectivity index (χ3n) is 4.03. The molecule has 23 heavy (non-hydrogen) atoms. The van der Waals surface area contributed by atoms with Gasteiger partial charge < -0.3 is 19.1 Å². The number of hydrogen-bond donors (Lipinski definition) is 1. The second-order valence-corrected chi connectivity index (χ2v) is 5.59. The molecule has 1 aromatic heterocycles. The molecule has 1 aromatic carbocycles. The highest BCUT2D eigenvalue weighted by atomic mass is 16.5. The lowest BCUT2D eigenvalue weighted by Crippen LogP contribution is -2.35. The maximum absolute atomic E-state index is 9.54. The van der Waals surface area contributed by atoms with Crippen molar-refractivity contribution >= 4 is 0 Å². The first kappa shape index (κ1) is 15.8. The third kappa shape index (κ3) is 3.62. The second kappa shape index (κ2) is 6.97. The Labute approximate surface area is 134 Å². The van der Waals surface area contributed by atoms with Crippen LogP contribution in [0.2, 0.25) is 0 Å². The number of aromatic nitrogens is 2. The summed E-state index contributed by atoms with van der Waals surface area (Å²) in [5.74, 6) is 2.41. The molecule has 0 amide bonds. The number of aliphatic hydroxyl groups is 1. The Balaban J connectivity index is 1.74. The zero-order valence-corrected chi connectivity index (χ0v) is 13.4. The predicted octanol–water partition coefficient (Wildman–Crippen LogP) is 1.71. The van der Waals surface area contributed by atoms with E-state index in [9.17, 15) is 5.11 Å². The first-order valence-corrected chi connectivity index (χ1v) is 7.65. The highest BCUT2D eigenvalue weighted by Gasteiger charge is 2.20. The average Bonchev–Trinajstić information content (AvgIpc) is 3.04. The van der Waals surface area contributed by atoms with Crippen LogP contribution in [0.15, 0.2) is 22.7 Å². The van der Waals surface area contributed by atoms with Gasteiger partial charge in [-0.05, 0) is 25.0 Å². The summed E-state index contributed by atoms with van der Waals surface area (Å²) in [7, 11) is 3.20. The molecule has 7 heteroatoms. The van der Waals surface area contributed by atoms with Crippen LogP contribution in [0.25, 0.3) is 11.4 Å². The Morgan fingerprint density at radius 3 is 2.74 bits per heavy atom. The molecular weight excluding hydrogens is 298 g/mol. The Bertz CT molecular complexity index is 651. The summed E-state index contributed by atoms with van der Waals surface area (Å²) in [6.07, 6.45) is 1.38. The molecule has 0 unspecified atom stereocenters. The normalized spacial score (nSPS) is 16.5. The van der Waals surface area contributed by atoms with Crippen LogP contribution >= 0.6 is 0 Å². The molecule has 0 bridgehead atoms. The van der Waals surface area contributed by atoms with Gasteiger partial charge in [0.25, 0.3) is 0 Å². The smallest absolute Gasteiger partial charge is 0.241 e. The van der Waals surface area contributed by atoms with Crippen molar-refractivity contribution in [2.45, 2.75) is 25.5 Å². The van der Waals surface area contributed by atoms with E-state index < -0.39 is 0 Å². The van der Waals surface area contributed by atoms with Crippen LogP contribution in [0.1, 0.15) is 18.7 Å². The highest BCUT2D eigenvalue weighted by Crippen LogP contribution is 2.31. The standard InChI is InChI=1S/C16H21N3O4/c1-21-12-3-4-13(14(9-12)22-2)16-17-15(23-18-16)10-19-7-5-11(20)6-8-19/h3-4,9,11,20H,5-8,10H2,1-2H3. The molecule has 0 saturated carbocycles. The fraction of sp³-hybridized carbons (Fsp3) is 0.500. The Kier molecular flexibility index (Phi) is 4.78. The van der Waals surface area contributed by atoms with Crippen LogP contribution in [-0.4, -0.2) is 53.6 Å². The first-order valence-electron chi connectivity index (χ1n) is 7.65. The van der Waals surface area contributed by atoms with Gasteiger partial charge >= 0.3 is 0 Å². The van der Waals surface area contributed by atoms with Crippen molar-refractivity contribution in [2.75, 3.05) is 27.3 Å². The molecular formula is C16H21N3O4. The molecule has 0 aliphatic carbocycles. The van der Waals surface area contributed by atoms with Crippen molar-refractivity contribution in [1.29, 1.82) is 0 Å². The van der Waals surface area contributed by atoms with E-state index in [2.05, 4.69) is 15.0 Å².